The average molecular weight is 366 g/mol. The Morgan fingerprint density at radius 1 is 1.40 bits per heavy atom. The van der Waals surface area contributed by atoms with Crippen molar-refractivity contribution in [3.8, 4) is 6.01 Å². The van der Waals surface area contributed by atoms with E-state index in [0.29, 0.717) is 18.6 Å². The number of rotatable bonds is 6. The lowest BCUT2D eigenvalue weighted by molar-refractivity contribution is -0.136. The van der Waals surface area contributed by atoms with Crippen LogP contribution in [-0.4, -0.2) is 64.5 Å². The number of nitrogens with zero attached hydrogens (tertiary/aromatic N) is 4. The van der Waals surface area contributed by atoms with Crippen LogP contribution in [0, 0.1) is 5.92 Å². The normalized spacial score (nSPS) is 19.4. The van der Waals surface area contributed by atoms with Gasteiger partial charge < -0.3 is 9.64 Å². The first kappa shape index (κ1) is 17.7. The maximum Gasteiger partial charge on any atom is 0.322 e. The summed E-state index contributed by atoms with van der Waals surface area (Å²) in [7, 11) is -3.06. The van der Waals surface area contributed by atoms with Crippen LogP contribution in [-0.2, 0) is 14.6 Å². The van der Waals surface area contributed by atoms with Crippen LogP contribution in [0.15, 0.2) is 24.4 Å². The Balaban J connectivity index is 1.70. The molecule has 2 aromatic heterocycles. The molecule has 3 heterocycles. The van der Waals surface area contributed by atoms with Crippen molar-refractivity contribution in [2.24, 2.45) is 5.92 Å². The molecule has 9 heteroatoms. The van der Waals surface area contributed by atoms with E-state index < -0.39 is 9.84 Å². The summed E-state index contributed by atoms with van der Waals surface area (Å²) in [6, 6.07) is 5.41. The molecule has 0 saturated carbocycles. The summed E-state index contributed by atoms with van der Waals surface area (Å²) >= 11 is 0. The number of aromatic nitrogens is 3. The number of hydrogen-bond donors (Lipinski definition) is 0. The van der Waals surface area contributed by atoms with E-state index in [-0.39, 0.29) is 42.0 Å². The molecule has 8 nitrogen and oxygen atoms in total. The van der Waals surface area contributed by atoms with E-state index in [0.717, 1.165) is 0 Å². The second-order valence-corrected chi connectivity index (χ2v) is 8.93. The second kappa shape index (κ2) is 6.99. The van der Waals surface area contributed by atoms with Crippen LogP contribution >= 0.6 is 0 Å². The van der Waals surface area contributed by atoms with Gasteiger partial charge in [-0.3, -0.25) is 9.20 Å². The molecule has 3 rings (SSSR count). The van der Waals surface area contributed by atoms with E-state index in [1.54, 1.807) is 21.6 Å². The van der Waals surface area contributed by atoms with E-state index in [9.17, 15) is 13.2 Å². The lowest BCUT2D eigenvalue weighted by Gasteiger charge is -2.29. The van der Waals surface area contributed by atoms with Crippen molar-refractivity contribution in [2.45, 2.75) is 26.3 Å². The van der Waals surface area contributed by atoms with Gasteiger partial charge in [-0.25, -0.2) is 8.42 Å². The molecule has 0 aliphatic carbocycles. The first-order valence-corrected chi connectivity index (χ1v) is 10.1. The number of carbonyl (C=O) groups is 1. The smallest absolute Gasteiger partial charge is 0.322 e. The summed E-state index contributed by atoms with van der Waals surface area (Å²) in [6.45, 7) is 4.30. The number of sulfone groups is 1. The zero-order valence-electron chi connectivity index (χ0n) is 14.3. The number of hydrogen-bond acceptors (Lipinski definition) is 6. The Morgan fingerprint density at radius 2 is 2.20 bits per heavy atom. The zero-order chi connectivity index (χ0) is 18.0. The maximum absolute atomic E-state index is 12.7. The first-order chi connectivity index (χ1) is 11.9. The van der Waals surface area contributed by atoms with Crippen LogP contribution in [0.4, 0.5) is 0 Å². The fourth-order valence-corrected chi connectivity index (χ4v) is 4.73. The average Bonchev–Trinajstić information content (AvgIpc) is 3.13. The maximum atomic E-state index is 12.7. The van der Waals surface area contributed by atoms with Crippen LogP contribution in [0.1, 0.15) is 20.3 Å². The molecule has 1 atom stereocenters. The first-order valence-electron chi connectivity index (χ1n) is 8.28. The van der Waals surface area contributed by atoms with Gasteiger partial charge in [0.1, 0.15) is 0 Å². The minimum atomic E-state index is -3.06. The van der Waals surface area contributed by atoms with Crippen LogP contribution in [0.5, 0.6) is 6.01 Å². The lowest BCUT2D eigenvalue weighted by atomic mass is 10.1. The largest absolute Gasteiger partial charge is 0.453 e. The van der Waals surface area contributed by atoms with E-state index in [1.165, 1.54) is 0 Å². The number of amides is 1. The highest BCUT2D eigenvalue weighted by Crippen LogP contribution is 2.19. The monoisotopic (exact) mass is 366 g/mol. The van der Waals surface area contributed by atoms with Gasteiger partial charge in [0.2, 0.25) is 0 Å². The van der Waals surface area contributed by atoms with Crippen LogP contribution in [0.2, 0.25) is 0 Å². The molecule has 0 radical (unpaired) electrons. The predicted molar refractivity (Wildman–Crippen MR) is 92.1 cm³/mol. The topological polar surface area (TPSA) is 93.9 Å². The predicted octanol–water partition coefficient (Wildman–Crippen LogP) is 0.780. The molecule has 136 valence electrons. The molecule has 0 bridgehead atoms. The van der Waals surface area contributed by atoms with Crippen molar-refractivity contribution in [1.82, 2.24) is 19.5 Å². The number of ether oxygens (including phenoxy) is 1. The number of pyridine rings is 1. The number of carbonyl (C=O) groups excluding carboxylic acids is 1. The molecule has 0 N–H and O–H groups in total. The Morgan fingerprint density at radius 3 is 2.88 bits per heavy atom. The Kier molecular flexibility index (Phi) is 4.94. The van der Waals surface area contributed by atoms with Gasteiger partial charge in [-0.2, -0.15) is 0 Å². The Bertz CT molecular complexity index is 862. The number of fused-ring (bicyclic) bond motifs is 1. The van der Waals surface area contributed by atoms with Crippen molar-refractivity contribution in [1.29, 1.82) is 0 Å². The van der Waals surface area contributed by atoms with Gasteiger partial charge in [0, 0.05) is 18.8 Å². The molecule has 25 heavy (non-hydrogen) atoms. The van der Waals surface area contributed by atoms with Crippen molar-refractivity contribution >= 4 is 21.4 Å². The molecule has 1 saturated heterocycles. The molecule has 0 unspecified atom stereocenters. The van der Waals surface area contributed by atoms with Crippen molar-refractivity contribution in [2.75, 3.05) is 24.7 Å². The summed E-state index contributed by atoms with van der Waals surface area (Å²) in [5, 5.41) is 7.90. The molecule has 1 fully saturated rings. The van der Waals surface area contributed by atoms with Gasteiger partial charge in [0.15, 0.2) is 22.1 Å². The fraction of sp³-hybridized carbons (Fsp3) is 0.562. The molecule has 1 aliphatic rings. The van der Waals surface area contributed by atoms with Crippen molar-refractivity contribution in [3.05, 3.63) is 24.4 Å². The molecule has 1 aliphatic heterocycles. The van der Waals surface area contributed by atoms with Crippen molar-refractivity contribution < 1.29 is 17.9 Å². The van der Waals surface area contributed by atoms with Gasteiger partial charge in [-0.15, -0.1) is 5.10 Å². The highest BCUT2D eigenvalue weighted by molar-refractivity contribution is 7.91. The third-order valence-corrected chi connectivity index (χ3v) is 5.89. The highest BCUT2D eigenvalue weighted by Gasteiger charge is 2.35. The minimum absolute atomic E-state index is 0.0271. The third kappa shape index (κ3) is 4.09. The Labute approximate surface area is 146 Å². The molecular weight excluding hydrogens is 344 g/mol. The van der Waals surface area contributed by atoms with Crippen LogP contribution in [0.25, 0.3) is 5.65 Å². The SMILES string of the molecule is CC(C)CN(C(=O)COc1nnc2ccccn12)[C@H]1CCS(=O)(=O)C1. The van der Waals surface area contributed by atoms with E-state index in [2.05, 4.69) is 10.2 Å². The quantitative estimate of drug-likeness (QED) is 0.750. The third-order valence-electron chi connectivity index (χ3n) is 4.14. The molecule has 2 aromatic rings. The molecule has 1 amide bonds. The zero-order valence-corrected chi connectivity index (χ0v) is 15.1. The van der Waals surface area contributed by atoms with E-state index >= 15 is 0 Å². The second-order valence-electron chi connectivity index (χ2n) is 6.70. The lowest BCUT2D eigenvalue weighted by Crippen LogP contribution is -2.45. The summed E-state index contributed by atoms with van der Waals surface area (Å²) in [5.74, 6) is 0.166. The summed E-state index contributed by atoms with van der Waals surface area (Å²) < 4.78 is 30.7. The standard InChI is InChI=1S/C16H22N4O4S/c1-12(2)9-20(13-6-8-25(22,23)11-13)15(21)10-24-16-18-17-14-5-3-4-7-19(14)16/h3-5,7,12-13H,6,8-11H2,1-2H3/t13-/m0/s1. The van der Waals surface area contributed by atoms with Gasteiger partial charge >= 0.3 is 6.01 Å². The van der Waals surface area contributed by atoms with Gasteiger partial charge in [0.25, 0.3) is 5.91 Å². The molecule has 0 aromatic carbocycles. The minimum Gasteiger partial charge on any atom is -0.453 e. The fourth-order valence-electron chi connectivity index (χ4n) is 3.00. The molecular formula is C16H22N4O4S. The molecule has 0 spiro atoms. The summed E-state index contributed by atoms with van der Waals surface area (Å²) in [5.41, 5.74) is 0.630. The summed E-state index contributed by atoms with van der Waals surface area (Å²) in [6.07, 6.45) is 2.24. The van der Waals surface area contributed by atoms with E-state index in [4.69, 9.17) is 4.74 Å². The van der Waals surface area contributed by atoms with Gasteiger partial charge in [-0.05, 0) is 24.5 Å². The van der Waals surface area contributed by atoms with Crippen molar-refractivity contribution in [3.63, 3.8) is 0 Å². The van der Waals surface area contributed by atoms with Crippen LogP contribution in [0.3, 0.4) is 0 Å². The van der Waals surface area contributed by atoms with Gasteiger partial charge in [-0.1, -0.05) is 25.0 Å². The van der Waals surface area contributed by atoms with Gasteiger partial charge in [0.05, 0.1) is 11.5 Å². The van der Waals surface area contributed by atoms with Crippen LogP contribution < -0.4 is 4.74 Å². The highest BCUT2D eigenvalue weighted by atomic mass is 32.2. The van der Waals surface area contributed by atoms with E-state index in [1.807, 2.05) is 26.0 Å². The Hall–Kier alpha value is -2.16. The summed E-state index contributed by atoms with van der Waals surface area (Å²) in [4.78, 5) is 14.3.